The van der Waals surface area contributed by atoms with E-state index < -0.39 is 28.5 Å². The highest BCUT2D eigenvalue weighted by Crippen LogP contribution is 2.30. The van der Waals surface area contributed by atoms with Gasteiger partial charge in [0.05, 0.1) is 10.6 Å². The molecule has 0 aliphatic carbocycles. The largest absolute Gasteiger partial charge is 0.354 e. The van der Waals surface area contributed by atoms with Gasteiger partial charge in [-0.3, -0.25) is 13.9 Å². The van der Waals surface area contributed by atoms with Crippen LogP contribution in [0.3, 0.4) is 0 Å². The van der Waals surface area contributed by atoms with Crippen LogP contribution in [0.25, 0.3) is 0 Å². The van der Waals surface area contributed by atoms with E-state index in [1.807, 2.05) is 45.0 Å². The summed E-state index contributed by atoms with van der Waals surface area (Å²) in [6.07, 6.45) is 1.74. The van der Waals surface area contributed by atoms with Crippen LogP contribution in [0, 0.1) is 20.8 Å². The molecule has 3 rings (SSSR count). The third-order valence-corrected chi connectivity index (χ3v) is 8.94. The molecule has 0 saturated heterocycles. The Morgan fingerprint density at radius 1 is 0.950 bits per heavy atom. The van der Waals surface area contributed by atoms with E-state index in [2.05, 4.69) is 5.32 Å². The van der Waals surface area contributed by atoms with Crippen molar-refractivity contribution in [2.24, 2.45) is 0 Å². The number of nitrogens with zero attached hydrogens (tertiary/aromatic N) is 2. The molecule has 1 N–H and O–H groups in total. The molecule has 0 fully saturated rings. The van der Waals surface area contributed by atoms with Gasteiger partial charge >= 0.3 is 0 Å². The maximum absolute atomic E-state index is 14.1. The van der Waals surface area contributed by atoms with Crippen molar-refractivity contribution >= 4 is 39.1 Å². The molecule has 1 atom stereocenters. The Balaban J connectivity index is 2.05. The Labute approximate surface area is 243 Å². The number of halogens is 1. The predicted octanol–water partition coefficient (Wildman–Crippen LogP) is 5.79. The van der Waals surface area contributed by atoms with Crippen molar-refractivity contribution in [3.8, 4) is 0 Å². The Morgan fingerprint density at radius 2 is 1.62 bits per heavy atom. The van der Waals surface area contributed by atoms with E-state index in [4.69, 9.17) is 11.6 Å². The minimum Gasteiger partial charge on any atom is -0.354 e. The second-order valence-corrected chi connectivity index (χ2v) is 12.3. The van der Waals surface area contributed by atoms with Crippen molar-refractivity contribution in [3.05, 3.63) is 94.0 Å². The number of anilines is 1. The van der Waals surface area contributed by atoms with Crippen molar-refractivity contribution in [1.29, 1.82) is 0 Å². The van der Waals surface area contributed by atoms with Crippen molar-refractivity contribution < 1.29 is 18.0 Å². The molecule has 0 spiro atoms. The highest BCUT2D eigenvalue weighted by molar-refractivity contribution is 7.92. The van der Waals surface area contributed by atoms with Gasteiger partial charge in [0.25, 0.3) is 10.0 Å². The first kappa shape index (κ1) is 31.2. The average Bonchev–Trinajstić information content (AvgIpc) is 2.92. The molecule has 0 unspecified atom stereocenters. The summed E-state index contributed by atoms with van der Waals surface area (Å²) in [5, 5.41) is 3.24. The number of nitrogens with one attached hydrogen (secondary N) is 1. The number of hydrogen-bond donors (Lipinski definition) is 1. The van der Waals surface area contributed by atoms with Crippen molar-refractivity contribution in [1.82, 2.24) is 10.2 Å². The van der Waals surface area contributed by atoms with E-state index in [1.54, 1.807) is 44.2 Å². The first-order valence-corrected chi connectivity index (χ1v) is 15.2. The molecule has 214 valence electrons. The number of unbranched alkanes of at least 4 members (excludes halogenated alkanes) is 1. The summed E-state index contributed by atoms with van der Waals surface area (Å²) in [5.41, 5.74) is 3.69. The van der Waals surface area contributed by atoms with Crippen LogP contribution in [0.4, 0.5) is 5.69 Å². The zero-order valence-electron chi connectivity index (χ0n) is 23.8. The summed E-state index contributed by atoms with van der Waals surface area (Å²) in [4.78, 5) is 28.6. The lowest BCUT2D eigenvalue weighted by molar-refractivity contribution is -0.139. The number of amides is 2. The highest BCUT2D eigenvalue weighted by atomic mass is 35.5. The summed E-state index contributed by atoms with van der Waals surface area (Å²) in [6.45, 7) is 9.43. The van der Waals surface area contributed by atoms with Gasteiger partial charge in [0.2, 0.25) is 11.8 Å². The van der Waals surface area contributed by atoms with E-state index in [0.717, 1.165) is 33.8 Å². The number of hydrogen-bond acceptors (Lipinski definition) is 4. The quantitative estimate of drug-likeness (QED) is 0.273. The lowest BCUT2D eigenvalue weighted by Crippen LogP contribution is -2.51. The Bertz CT molecular complexity index is 1440. The second kappa shape index (κ2) is 13.8. The van der Waals surface area contributed by atoms with Gasteiger partial charge in [-0.05, 0) is 75.1 Å². The molecule has 0 aliphatic heterocycles. The van der Waals surface area contributed by atoms with Gasteiger partial charge in [-0.1, -0.05) is 73.0 Å². The van der Waals surface area contributed by atoms with Crippen LogP contribution in [0.5, 0.6) is 0 Å². The molecule has 2 amide bonds. The minimum atomic E-state index is -4.16. The molecule has 9 heteroatoms. The van der Waals surface area contributed by atoms with Crippen molar-refractivity contribution in [2.45, 2.75) is 64.9 Å². The number of carbonyl (C=O) groups excluding carboxylic acids is 2. The predicted molar refractivity (Wildman–Crippen MR) is 161 cm³/mol. The third kappa shape index (κ3) is 7.64. The summed E-state index contributed by atoms with van der Waals surface area (Å²) in [7, 11) is -4.16. The maximum atomic E-state index is 14.1. The highest BCUT2D eigenvalue weighted by Gasteiger charge is 2.33. The standard InChI is InChI=1S/C31H38ClN3O4S/c1-6-7-18-33-31(37)25(5)34(20-26-11-9-8-10-23(26)3)30(36)21-35(29-19-27(32)15-14-24(29)4)40(38,39)28-16-12-22(2)13-17-28/h8-17,19,25H,6-7,18,20-21H2,1-5H3,(H,33,37)/t25-/m1/s1. The van der Waals surface area contributed by atoms with E-state index in [-0.39, 0.29) is 17.3 Å². The Morgan fingerprint density at radius 3 is 2.27 bits per heavy atom. The first-order valence-electron chi connectivity index (χ1n) is 13.4. The molecular weight excluding hydrogens is 546 g/mol. The fourth-order valence-corrected chi connectivity index (χ4v) is 5.93. The molecular formula is C31H38ClN3O4S. The molecule has 7 nitrogen and oxygen atoms in total. The molecule has 3 aromatic carbocycles. The number of aryl methyl sites for hydroxylation is 3. The minimum absolute atomic E-state index is 0.0566. The van der Waals surface area contributed by atoms with E-state index in [1.165, 1.54) is 17.0 Å². The van der Waals surface area contributed by atoms with Gasteiger partial charge in [0, 0.05) is 18.1 Å². The van der Waals surface area contributed by atoms with Crippen LogP contribution in [-0.2, 0) is 26.2 Å². The fraction of sp³-hybridized carbons (Fsp3) is 0.355. The van der Waals surface area contributed by atoms with Gasteiger partial charge < -0.3 is 10.2 Å². The topological polar surface area (TPSA) is 86.8 Å². The van der Waals surface area contributed by atoms with Gasteiger partial charge in [0.1, 0.15) is 12.6 Å². The SMILES string of the molecule is CCCCNC(=O)[C@@H](C)N(Cc1ccccc1C)C(=O)CN(c1cc(Cl)ccc1C)S(=O)(=O)c1ccc(C)cc1. The monoisotopic (exact) mass is 583 g/mol. The van der Waals surface area contributed by atoms with E-state index in [9.17, 15) is 18.0 Å². The second-order valence-electron chi connectivity index (χ2n) is 10.0. The lowest BCUT2D eigenvalue weighted by Gasteiger charge is -2.32. The smallest absolute Gasteiger partial charge is 0.264 e. The normalized spacial score (nSPS) is 12.1. The molecule has 0 aliphatic rings. The van der Waals surface area contributed by atoms with E-state index in [0.29, 0.717) is 22.8 Å². The maximum Gasteiger partial charge on any atom is 0.264 e. The Hall–Kier alpha value is -3.36. The van der Waals surface area contributed by atoms with Crippen molar-refractivity contribution in [3.63, 3.8) is 0 Å². The van der Waals surface area contributed by atoms with Crippen LogP contribution in [0.1, 0.15) is 48.9 Å². The van der Waals surface area contributed by atoms with E-state index >= 15 is 0 Å². The fourth-order valence-electron chi connectivity index (χ4n) is 4.29. The van der Waals surface area contributed by atoms with Gasteiger partial charge in [-0.2, -0.15) is 0 Å². The van der Waals surface area contributed by atoms with Gasteiger partial charge in [0.15, 0.2) is 0 Å². The Kier molecular flexibility index (Phi) is 10.8. The van der Waals surface area contributed by atoms with Crippen LogP contribution in [0.2, 0.25) is 5.02 Å². The zero-order valence-corrected chi connectivity index (χ0v) is 25.3. The molecule has 0 aromatic heterocycles. The first-order chi connectivity index (χ1) is 18.9. The number of rotatable bonds is 12. The third-order valence-electron chi connectivity index (χ3n) is 6.93. The van der Waals surface area contributed by atoms with Gasteiger partial charge in [-0.15, -0.1) is 0 Å². The average molecular weight is 584 g/mol. The van der Waals surface area contributed by atoms with Gasteiger partial charge in [-0.25, -0.2) is 8.42 Å². The summed E-state index contributed by atoms with van der Waals surface area (Å²) >= 11 is 6.28. The molecule has 3 aromatic rings. The molecule has 0 radical (unpaired) electrons. The number of sulfonamides is 1. The molecule has 40 heavy (non-hydrogen) atoms. The summed E-state index contributed by atoms with van der Waals surface area (Å²) < 4.78 is 29.1. The van der Waals surface area contributed by atoms with Crippen LogP contribution < -0.4 is 9.62 Å². The number of carbonyl (C=O) groups is 2. The van der Waals surface area contributed by atoms with Crippen LogP contribution >= 0.6 is 11.6 Å². The number of benzene rings is 3. The summed E-state index contributed by atoms with van der Waals surface area (Å²) in [6, 6.07) is 18.2. The molecule has 0 bridgehead atoms. The van der Waals surface area contributed by atoms with Crippen LogP contribution in [-0.4, -0.2) is 44.3 Å². The molecule has 0 heterocycles. The van der Waals surface area contributed by atoms with Crippen molar-refractivity contribution in [2.75, 3.05) is 17.4 Å². The zero-order chi connectivity index (χ0) is 29.4. The van der Waals surface area contributed by atoms with Crippen LogP contribution in [0.15, 0.2) is 71.6 Å². The lowest BCUT2D eigenvalue weighted by atomic mass is 10.1. The molecule has 0 saturated carbocycles. The summed E-state index contributed by atoms with van der Waals surface area (Å²) in [5.74, 6) is -0.793.